The molecule has 1 amide bonds. The molecule has 0 unspecified atom stereocenters. The standard InChI is InChI=1S/C17H22N2O3S2/c1-2-6-15(13-7-4-3-5-8-13)17(20)19-12-11-14-9-10-16(23-14)24(18,21)22/h3-5,7-10,15H,2,6,11-12H2,1H3,(H,19,20)(H2,18,21,22)/t15-/m1/s1. The molecule has 5 nitrogen and oxygen atoms in total. The zero-order valence-corrected chi connectivity index (χ0v) is 15.2. The predicted molar refractivity (Wildman–Crippen MR) is 96.5 cm³/mol. The molecular formula is C17H22N2O3S2. The third kappa shape index (κ3) is 5.15. The molecule has 0 spiro atoms. The Kier molecular flexibility index (Phi) is 6.53. The van der Waals surface area contributed by atoms with Gasteiger partial charge in [0.2, 0.25) is 15.9 Å². The van der Waals surface area contributed by atoms with Crippen LogP contribution in [0.1, 0.15) is 36.1 Å². The molecule has 7 heteroatoms. The molecule has 0 radical (unpaired) electrons. The van der Waals surface area contributed by atoms with E-state index in [4.69, 9.17) is 5.14 Å². The van der Waals surface area contributed by atoms with Gasteiger partial charge < -0.3 is 5.32 Å². The number of nitrogens with one attached hydrogen (secondary N) is 1. The van der Waals surface area contributed by atoms with Gasteiger partial charge in [0.1, 0.15) is 4.21 Å². The Balaban J connectivity index is 1.93. The fourth-order valence-corrected chi connectivity index (χ4v) is 4.28. The lowest BCUT2D eigenvalue weighted by Gasteiger charge is -2.16. The highest BCUT2D eigenvalue weighted by Crippen LogP contribution is 2.22. The summed E-state index contributed by atoms with van der Waals surface area (Å²) in [6.07, 6.45) is 2.31. The van der Waals surface area contributed by atoms with Crippen molar-refractivity contribution >= 4 is 27.3 Å². The van der Waals surface area contributed by atoms with Crippen molar-refractivity contribution in [2.24, 2.45) is 5.14 Å². The minimum absolute atomic E-state index is 0.00581. The normalized spacial score (nSPS) is 12.8. The summed E-state index contributed by atoms with van der Waals surface area (Å²) in [4.78, 5) is 13.3. The van der Waals surface area contributed by atoms with Crippen LogP contribution in [0.15, 0.2) is 46.7 Å². The Morgan fingerprint density at radius 2 is 1.92 bits per heavy atom. The summed E-state index contributed by atoms with van der Waals surface area (Å²) in [6, 6.07) is 13.0. The highest BCUT2D eigenvalue weighted by atomic mass is 32.2. The Labute approximate surface area is 146 Å². The number of primary sulfonamides is 1. The van der Waals surface area contributed by atoms with Gasteiger partial charge in [0.15, 0.2) is 0 Å². The summed E-state index contributed by atoms with van der Waals surface area (Å²) < 4.78 is 22.7. The molecule has 2 aromatic rings. The third-order valence-electron chi connectivity index (χ3n) is 3.68. The van der Waals surface area contributed by atoms with Gasteiger partial charge in [0, 0.05) is 11.4 Å². The lowest BCUT2D eigenvalue weighted by atomic mass is 9.93. The molecule has 0 saturated carbocycles. The van der Waals surface area contributed by atoms with Gasteiger partial charge in [-0.25, -0.2) is 13.6 Å². The third-order valence-corrected chi connectivity index (χ3v) is 6.27. The number of hydrogen-bond donors (Lipinski definition) is 2. The number of hydrogen-bond acceptors (Lipinski definition) is 4. The number of rotatable bonds is 8. The molecule has 1 aromatic carbocycles. The van der Waals surface area contributed by atoms with Crippen molar-refractivity contribution in [1.29, 1.82) is 0 Å². The first-order chi connectivity index (χ1) is 11.4. The second-order valence-corrected chi connectivity index (χ2v) is 8.52. The van der Waals surface area contributed by atoms with Crippen LogP contribution in [0, 0.1) is 0 Å². The van der Waals surface area contributed by atoms with Gasteiger partial charge in [-0.3, -0.25) is 4.79 Å². The van der Waals surface area contributed by atoms with Crippen LogP contribution in [-0.2, 0) is 21.2 Å². The largest absolute Gasteiger partial charge is 0.355 e. The predicted octanol–water partition coefficient (Wildman–Crippen LogP) is 2.64. The highest BCUT2D eigenvalue weighted by Gasteiger charge is 2.19. The van der Waals surface area contributed by atoms with Gasteiger partial charge in [0.05, 0.1) is 5.92 Å². The maximum Gasteiger partial charge on any atom is 0.247 e. The number of carbonyl (C=O) groups is 1. The summed E-state index contributed by atoms with van der Waals surface area (Å²) in [6.45, 7) is 2.53. The molecule has 0 aliphatic rings. The van der Waals surface area contributed by atoms with Gasteiger partial charge in [-0.15, -0.1) is 11.3 Å². The molecule has 0 bridgehead atoms. The van der Waals surface area contributed by atoms with E-state index in [0.29, 0.717) is 13.0 Å². The summed E-state index contributed by atoms with van der Waals surface area (Å²) in [5.74, 6) is -0.147. The highest BCUT2D eigenvalue weighted by molar-refractivity contribution is 7.91. The zero-order valence-electron chi connectivity index (χ0n) is 13.6. The molecule has 0 saturated heterocycles. The van der Waals surface area contributed by atoms with E-state index in [1.807, 2.05) is 30.3 Å². The quantitative estimate of drug-likeness (QED) is 0.752. The van der Waals surface area contributed by atoms with Crippen LogP contribution in [0.5, 0.6) is 0 Å². The van der Waals surface area contributed by atoms with Crippen molar-refractivity contribution < 1.29 is 13.2 Å². The SMILES string of the molecule is CCC[C@@H](C(=O)NCCc1ccc(S(N)(=O)=O)s1)c1ccccc1. The minimum Gasteiger partial charge on any atom is -0.355 e. The van der Waals surface area contributed by atoms with E-state index < -0.39 is 10.0 Å². The van der Waals surface area contributed by atoms with E-state index in [1.54, 1.807) is 6.07 Å². The van der Waals surface area contributed by atoms with Crippen molar-refractivity contribution in [2.75, 3.05) is 6.54 Å². The topological polar surface area (TPSA) is 89.3 Å². The van der Waals surface area contributed by atoms with Crippen LogP contribution >= 0.6 is 11.3 Å². The van der Waals surface area contributed by atoms with Crippen LogP contribution in [-0.4, -0.2) is 20.9 Å². The van der Waals surface area contributed by atoms with Crippen molar-refractivity contribution in [3.8, 4) is 0 Å². The molecule has 0 aliphatic heterocycles. The average molecular weight is 367 g/mol. The number of carbonyl (C=O) groups excluding carboxylic acids is 1. The van der Waals surface area contributed by atoms with Gasteiger partial charge in [-0.1, -0.05) is 43.7 Å². The number of thiophene rings is 1. The van der Waals surface area contributed by atoms with E-state index >= 15 is 0 Å². The first-order valence-corrected chi connectivity index (χ1v) is 10.2. The summed E-state index contributed by atoms with van der Waals surface area (Å²) in [5.41, 5.74) is 1.02. The van der Waals surface area contributed by atoms with Crippen LogP contribution in [0.25, 0.3) is 0 Å². The monoisotopic (exact) mass is 366 g/mol. The molecule has 2 rings (SSSR count). The Morgan fingerprint density at radius 3 is 2.50 bits per heavy atom. The van der Waals surface area contributed by atoms with Gasteiger partial charge in [-0.2, -0.15) is 0 Å². The molecule has 1 heterocycles. The number of nitrogens with two attached hydrogens (primary N) is 1. The summed E-state index contributed by atoms with van der Waals surface area (Å²) in [5, 5.41) is 8.05. The first kappa shape index (κ1) is 18.6. The van der Waals surface area contributed by atoms with Gasteiger partial charge >= 0.3 is 0 Å². The van der Waals surface area contributed by atoms with Crippen LogP contribution in [0.4, 0.5) is 0 Å². The number of benzene rings is 1. The van der Waals surface area contributed by atoms with Crippen molar-refractivity contribution in [3.05, 3.63) is 52.9 Å². The number of amides is 1. The lowest BCUT2D eigenvalue weighted by Crippen LogP contribution is -2.31. The first-order valence-electron chi connectivity index (χ1n) is 7.86. The fraction of sp³-hybridized carbons (Fsp3) is 0.353. The Bertz CT molecular complexity index is 770. The van der Waals surface area contributed by atoms with E-state index in [0.717, 1.165) is 34.6 Å². The van der Waals surface area contributed by atoms with E-state index in [-0.39, 0.29) is 16.0 Å². The zero-order chi connectivity index (χ0) is 17.6. The van der Waals surface area contributed by atoms with Crippen LogP contribution in [0.2, 0.25) is 0 Å². The maximum absolute atomic E-state index is 12.5. The molecule has 3 N–H and O–H groups in total. The van der Waals surface area contributed by atoms with Gasteiger partial charge in [0.25, 0.3) is 0 Å². The minimum atomic E-state index is -3.65. The van der Waals surface area contributed by atoms with Crippen LogP contribution < -0.4 is 10.5 Å². The molecular weight excluding hydrogens is 344 g/mol. The van der Waals surface area contributed by atoms with E-state index in [2.05, 4.69) is 12.2 Å². The average Bonchev–Trinajstić information content (AvgIpc) is 3.02. The van der Waals surface area contributed by atoms with Gasteiger partial charge in [-0.05, 0) is 30.5 Å². The molecule has 1 atom stereocenters. The van der Waals surface area contributed by atoms with Crippen LogP contribution in [0.3, 0.4) is 0 Å². The Hall–Kier alpha value is -1.70. The second kappa shape index (κ2) is 8.41. The second-order valence-electron chi connectivity index (χ2n) is 5.56. The summed E-state index contributed by atoms with van der Waals surface area (Å²) in [7, 11) is -3.65. The number of sulfonamides is 1. The lowest BCUT2D eigenvalue weighted by molar-refractivity contribution is -0.122. The Morgan fingerprint density at radius 1 is 1.21 bits per heavy atom. The summed E-state index contributed by atoms with van der Waals surface area (Å²) >= 11 is 1.14. The van der Waals surface area contributed by atoms with E-state index in [1.165, 1.54) is 6.07 Å². The smallest absolute Gasteiger partial charge is 0.247 e. The van der Waals surface area contributed by atoms with Crippen molar-refractivity contribution in [1.82, 2.24) is 5.32 Å². The maximum atomic E-state index is 12.5. The van der Waals surface area contributed by atoms with Crippen molar-refractivity contribution in [3.63, 3.8) is 0 Å². The molecule has 0 fully saturated rings. The van der Waals surface area contributed by atoms with Crippen molar-refractivity contribution in [2.45, 2.75) is 36.3 Å². The molecule has 130 valence electrons. The molecule has 24 heavy (non-hydrogen) atoms. The molecule has 1 aromatic heterocycles. The fourth-order valence-electron chi connectivity index (χ4n) is 2.50. The molecule has 0 aliphatic carbocycles. The van der Waals surface area contributed by atoms with E-state index in [9.17, 15) is 13.2 Å².